The molecule has 1 rings (SSSR count). The van der Waals surface area contributed by atoms with Gasteiger partial charge in [-0.05, 0) is 0 Å². The maximum atomic E-state index is 10.7. The van der Waals surface area contributed by atoms with Crippen molar-refractivity contribution in [2.45, 2.75) is 6.92 Å². The van der Waals surface area contributed by atoms with Crippen molar-refractivity contribution in [2.75, 3.05) is 5.73 Å². The highest BCUT2D eigenvalue weighted by atomic mass is 16.6. The number of nitro groups is 1. The lowest BCUT2D eigenvalue weighted by Gasteiger charge is -1.83. The third-order valence-corrected chi connectivity index (χ3v) is 1.28. The molecule has 1 aromatic heterocycles. The molecule has 12 heavy (non-hydrogen) atoms. The number of ketones is 1. The predicted octanol–water partition coefficient (Wildman–Crippen LogP) is 0.973. The highest BCUT2D eigenvalue weighted by Gasteiger charge is 2.20. The fourth-order valence-electron chi connectivity index (χ4n) is 0.712. The van der Waals surface area contributed by atoms with E-state index in [1.165, 1.54) is 6.92 Å². The number of hydrogen-bond acceptors (Lipinski definition) is 5. The van der Waals surface area contributed by atoms with Crippen LogP contribution in [0.25, 0.3) is 0 Å². The SMILES string of the molecule is CC(=O)c1cc([N+](=O)[O-])c(N)o1. The Morgan fingerprint density at radius 1 is 1.75 bits per heavy atom. The summed E-state index contributed by atoms with van der Waals surface area (Å²) in [7, 11) is 0. The van der Waals surface area contributed by atoms with E-state index in [0.29, 0.717) is 0 Å². The Labute approximate surface area is 67.1 Å². The molecule has 1 heterocycles. The first kappa shape index (κ1) is 8.25. The highest BCUT2D eigenvalue weighted by molar-refractivity contribution is 5.92. The van der Waals surface area contributed by atoms with E-state index in [1.54, 1.807) is 0 Å². The van der Waals surface area contributed by atoms with Crippen molar-refractivity contribution in [3.63, 3.8) is 0 Å². The van der Waals surface area contributed by atoms with E-state index in [0.717, 1.165) is 6.07 Å². The van der Waals surface area contributed by atoms with Crippen LogP contribution in [0.4, 0.5) is 11.6 Å². The van der Waals surface area contributed by atoms with Gasteiger partial charge in [0, 0.05) is 6.92 Å². The zero-order chi connectivity index (χ0) is 9.30. The van der Waals surface area contributed by atoms with Gasteiger partial charge in [-0.3, -0.25) is 14.9 Å². The lowest BCUT2D eigenvalue weighted by atomic mass is 10.3. The standard InChI is InChI=1S/C6H6N2O4/c1-3(9)5-2-4(8(10)11)6(7)12-5/h2H,7H2,1H3. The number of nitrogens with zero attached hydrogens (tertiary/aromatic N) is 1. The molecule has 0 aliphatic carbocycles. The van der Waals surface area contributed by atoms with Crippen LogP contribution in [0.15, 0.2) is 10.5 Å². The van der Waals surface area contributed by atoms with Gasteiger partial charge in [-0.1, -0.05) is 0 Å². The van der Waals surface area contributed by atoms with Crippen LogP contribution in [0.2, 0.25) is 0 Å². The first-order valence-corrected chi connectivity index (χ1v) is 3.07. The second-order valence-electron chi connectivity index (χ2n) is 2.17. The second-order valence-corrected chi connectivity index (χ2v) is 2.17. The summed E-state index contributed by atoms with van der Waals surface area (Å²) in [6.07, 6.45) is 0. The normalized spacial score (nSPS) is 9.75. The van der Waals surface area contributed by atoms with Crippen molar-refractivity contribution in [1.82, 2.24) is 0 Å². The minimum absolute atomic E-state index is 0.0980. The maximum absolute atomic E-state index is 10.7. The smallest absolute Gasteiger partial charge is 0.332 e. The van der Waals surface area contributed by atoms with Gasteiger partial charge in [-0.2, -0.15) is 0 Å². The van der Waals surface area contributed by atoms with Crippen LogP contribution in [0, 0.1) is 10.1 Å². The molecule has 2 N–H and O–H groups in total. The molecule has 0 aromatic carbocycles. The zero-order valence-corrected chi connectivity index (χ0v) is 6.23. The summed E-state index contributed by atoms with van der Waals surface area (Å²) >= 11 is 0. The molecule has 0 atom stereocenters. The number of rotatable bonds is 2. The summed E-state index contributed by atoms with van der Waals surface area (Å²) < 4.78 is 4.62. The Bertz CT molecular complexity index is 341. The van der Waals surface area contributed by atoms with Crippen LogP contribution in [-0.4, -0.2) is 10.7 Å². The summed E-state index contributed by atoms with van der Waals surface area (Å²) in [6, 6.07) is 1.01. The fourth-order valence-corrected chi connectivity index (χ4v) is 0.712. The fraction of sp³-hybridized carbons (Fsp3) is 0.167. The van der Waals surface area contributed by atoms with E-state index < -0.39 is 10.7 Å². The van der Waals surface area contributed by atoms with E-state index in [2.05, 4.69) is 4.42 Å². The molecular weight excluding hydrogens is 164 g/mol. The van der Waals surface area contributed by atoms with Gasteiger partial charge >= 0.3 is 5.69 Å². The predicted molar refractivity (Wildman–Crippen MR) is 39.8 cm³/mol. The first-order chi connectivity index (χ1) is 5.52. The summed E-state index contributed by atoms with van der Waals surface area (Å²) in [5, 5.41) is 10.2. The highest BCUT2D eigenvalue weighted by Crippen LogP contribution is 2.25. The summed E-state index contributed by atoms with van der Waals surface area (Å²) in [5.41, 5.74) is 4.74. The maximum Gasteiger partial charge on any atom is 0.332 e. The average molecular weight is 170 g/mol. The molecule has 0 aliphatic heterocycles. The van der Waals surface area contributed by atoms with Crippen LogP contribution >= 0.6 is 0 Å². The van der Waals surface area contributed by atoms with Crippen LogP contribution in [0.3, 0.4) is 0 Å². The quantitative estimate of drug-likeness (QED) is 0.405. The van der Waals surface area contributed by atoms with Crippen molar-refractivity contribution >= 4 is 17.4 Å². The molecule has 64 valence electrons. The van der Waals surface area contributed by atoms with E-state index in [1.807, 2.05) is 0 Å². The van der Waals surface area contributed by atoms with Gasteiger partial charge in [-0.25, -0.2) is 0 Å². The Kier molecular flexibility index (Phi) is 1.82. The van der Waals surface area contributed by atoms with Crippen LogP contribution in [-0.2, 0) is 0 Å². The van der Waals surface area contributed by atoms with Crippen molar-refractivity contribution in [2.24, 2.45) is 0 Å². The summed E-state index contributed by atoms with van der Waals surface area (Å²) in [6.45, 7) is 1.24. The van der Waals surface area contributed by atoms with Gasteiger partial charge in [0.1, 0.15) is 0 Å². The minimum atomic E-state index is -0.703. The molecule has 0 saturated carbocycles. The molecule has 1 aromatic rings. The Morgan fingerprint density at radius 3 is 2.58 bits per heavy atom. The average Bonchev–Trinajstić information content (AvgIpc) is 2.30. The third kappa shape index (κ3) is 1.26. The lowest BCUT2D eigenvalue weighted by molar-refractivity contribution is -0.384. The Balaban J connectivity index is 3.17. The molecule has 0 fully saturated rings. The number of carbonyl (C=O) groups excluding carboxylic acids is 1. The van der Waals surface area contributed by atoms with Gasteiger partial charge in [0.2, 0.25) is 0 Å². The number of carbonyl (C=O) groups is 1. The number of hydrogen-bond donors (Lipinski definition) is 1. The molecule has 0 spiro atoms. The molecule has 0 saturated heterocycles. The van der Waals surface area contributed by atoms with Crippen molar-refractivity contribution < 1.29 is 14.1 Å². The lowest BCUT2D eigenvalue weighted by Crippen LogP contribution is -1.90. The molecule has 6 heteroatoms. The number of Topliss-reactive ketones (excluding diaryl/α,β-unsaturated/α-hetero) is 1. The van der Waals surface area contributed by atoms with Gasteiger partial charge in [-0.15, -0.1) is 0 Å². The molecule has 0 amide bonds. The topological polar surface area (TPSA) is 99.4 Å². The number of anilines is 1. The van der Waals surface area contributed by atoms with E-state index in [9.17, 15) is 14.9 Å². The van der Waals surface area contributed by atoms with E-state index >= 15 is 0 Å². The minimum Gasteiger partial charge on any atom is -0.431 e. The second kappa shape index (κ2) is 2.65. The largest absolute Gasteiger partial charge is 0.431 e. The summed E-state index contributed by atoms with van der Waals surface area (Å²) in [4.78, 5) is 20.2. The van der Waals surface area contributed by atoms with Crippen LogP contribution in [0.1, 0.15) is 17.5 Å². The number of nitrogen functional groups attached to an aromatic ring is 1. The Hall–Kier alpha value is -1.85. The summed E-state index contributed by atoms with van der Waals surface area (Å²) in [5.74, 6) is -0.834. The number of nitrogens with two attached hydrogens (primary N) is 1. The van der Waals surface area contributed by atoms with Gasteiger partial charge in [0.15, 0.2) is 11.5 Å². The third-order valence-electron chi connectivity index (χ3n) is 1.28. The Morgan fingerprint density at radius 2 is 2.33 bits per heavy atom. The first-order valence-electron chi connectivity index (χ1n) is 3.07. The van der Waals surface area contributed by atoms with Crippen molar-refractivity contribution in [1.29, 1.82) is 0 Å². The number of furan rings is 1. The van der Waals surface area contributed by atoms with Crippen molar-refractivity contribution in [3.05, 3.63) is 21.9 Å². The molecule has 0 aliphatic rings. The van der Waals surface area contributed by atoms with E-state index in [-0.39, 0.29) is 17.3 Å². The van der Waals surface area contributed by atoms with Crippen molar-refractivity contribution in [3.8, 4) is 0 Å². The zero-order valence-electron chi connectivity index (χ0n) is 6.23. The molecular formula is C6H6N2O4. The van der Waals surface area contributed by atoms with Gasteiger partial charge < -0.3 is 10.2 Å². The van der Waals surface area contributed by atoms with Crippen LogP contribution < -0.4 is 5.73 Å². The molecule has 6 nitrogen and oxygen atoms in total. The molecule has 0 bridgehead atoms. The van der Waals surface area contributed by atoms with Crippen LogP contribution in [0.5, 0.6) is 0 Å². The van der Waals surface area contributed by atoms with Gasteiger partial charge in [0.25, 0.3) is 5.88 Å². The van der Waals surface area contributed by atoms with Gasteiger partial charge in [0.05, 0.1) is 11.0 Å². The molecule has 0 unspecified atom stereocenters. The molecule has 0 radical (unpaired) electrons. The van der Waals surface area contributed by atoms with E-state index in [4.69, 9.17) is 5.73 Å². The monoisotopic (exact) mass is 170 g/mol.